The van der Waals surface area contributed by atoms with Crippen molar-refractivity contribution in [1.29, 1.82) is 0 Å². The summed E-state index contributed by atoms with van der Waals surface area (Å²) in [6, 6.07) is 3.51. The van der Waals surface area contributed by atoms with E-state index >= 15 is 0 Å². The van der Waals surface area contributed by atoms with Crippen LogP contribution in [0.1, 0.15) is 40.1 Å². The fourth-order valence-corrected chi connectivity index (χ4v) is 1.28. The molecule has 0 spiro atoms. The van der Waals surface area contributed by atoms with E-state index in [9.17, 15) is 9.59 Å². The smallest absolute Gasteiger partial charge is 0.335 e. The first-order valence-electron chi connectivity index (χ1n) is 5.88. The Morgan fingerprint density at radius 3 is 1.63 bits per heavy atom. The summed E-state index contributed by atoms with van der Waals surface area (Å²) in [5.41, 5.74) is -0.0230. The molecule has 6 heteroatoms. The van der Waals surface area contributed by atoms with Crippen molar-refractivity contribution in [3.05, 3.63) is 34.9 Å². The van der Waals surface area contributed by atoms with Crippen LogP contribution in [-0.4, -0.2) is 40.3 Å². The monoisotopic (exact) mass is 269 g/mol. The first kappa shape index (κ1) is 17.1. The third-order valence-electron chi connectivity index (χ3n) is 2.17. The van der Waals surface area contributed by atoms with Crippen molar-refractivity contribution in [2.45, 2.75) is 20.5 Å². The molecule has 0 saturated carbocycles. The maximum absolute atomic E-state index is 10.6. The number of hydrogen-bond donors (Lipinski definition) is 4. The molecule has 0 unspecified atom stereocenters. The van der Waals surface area contributed by atoms with E-state index in [0.29, 0.717) is 0 Å². The highest BCUT2D eigenvalue weighted by atomic mass is 16.4. The van der Waals surface area contributed by atoms with Crippen LogP contribution in [0.25, 0.3) is 0 Å². The fourth-order valence-electron chi connectivity index (χ4n) is 1.28. The lowest BCUT2D eigenvalue weighted by Gasteiger charge is -2.01. The molecule has 4 N–H and O–H groups in total. The van der Waals surface area contributed by atoms with Crippen molar-refractivity contribution in [2.24, 2.45) is 0 Å². The van der Waals surface area contributed by atoms with Gasteiger partial charge in [-0.1, -0.05) is 13.8 Å². The maximum Gasteiger partial charge on any atom is 0.335 e. The molecule has 0 radical (unpaired) electrons. The van der Waals surface area contributed by atoms with Crippen molar-refractivity contribution in [1.82, 2.24) is 5.32 Å². The zero-order valence-electron chi connectivity index (χ0n) is 11.0. The van der Waals surface area contributed by atoms with Crippen molar-refractivity contribution in [3.8, 4) is 0 Å². The van der Waals surface area contributed by atoms with Gasteiger partial charge >= 0.3 is 11.9 Å². The highest BCUT2D eigenvalue weighted by Crippen LogP contribution is 2.10. The number of hydrogen-bond acceptors (Lipinski definition) is 4. The second-order valence-electron chi connectivity index (χ2n) is 3.64. The molecule has 1 rings (SSSR count). The molecule has 19 heavy (non-hydrogen) atoms. The van der Waals surface area contributed by atoms with Crippen molar-refractivity contribution < 1.29 is 24.9 Å². The van der Waals surface area contributed by atoms with Crippen molar-refractivity contribution >= 4 is 11.9 Å². The highest BCUT2D eigenvalue weighted by molar-refractivity contribution is 5.94. The molecular weight excluding hydrogens is 250 g/mol. The second kappa shape index (κ2) is 9.07. The molecule has 6 nitrogen and oxygen atoms in total. The van der Waals surface area contributed by atoms with Gasteiger partial charge in [0.15, 0.2) is 0 Å². The summed E-state index contributed by atoms with van der Waals surface area (Å²) in [6.07, 6.45) is 0. The number of carboxylic acid groups (broad SMARTS) is 2. The van der Waals surface area contributed by atoms with Gasteiger partial charge in [-0.2, -0.15) is 0 Å². The van der Waals surface area contributed by atoms with E-state index in [4.69, 9.17) is 15.3 Å². The molecule has 0 aliphatic heterocycles. The van der Waals surface area contributed by atoms with Gasteiger partial charge < -0.3 is 20.6 Å². The standard InChI is InChI=1S/C9H8O5.C4H11N/c10-4-5-1-6(8(11)12)3-7(2-5)9(13)14;1-3-5-4-2/h1-3,10H,4H2,(H,11,12)(H,13,14);5H,3-4H2,1-2H3. The first-order chi connectivity index (χ1) is 8.96. The number of carboxylic acids is 2. The van der Waals surface area contributed by atoms with Crippen LogP contribution in [0.2, 0.25) is 0 Å². The lowest BCUT2D eigenvalue weighted by molar-refractivity contribution is 0.0696. The number of rotatable bonds is 5. The molecule has 1 aromatic carbocycles. The van der Waals surface area contributed by atoms with Crippen LogP contribution >= 0.6 is 0 Å². The van der Waals surface area contributed by atoms with Crippen molar-refractivity contribution in [3.63, 3.8) is 0 Å². The number of nitrogens with one attached hydrogen (secondary N) is 1. The Bertz CT molecular complexity index is 397. The molecule has 0 heterocycles. The maximum atomic E-state index is 10.6. The van der Waals surface area contributed by atoms with Gasteiger partial charge in [-0.05, 0) is 36.9 Å². The van der Waals surface area contributed by atoms with E-state index < -0.39 is 11.9 Å². The quantitative estimate of drug-likeness (QED) is 0.639. The van der Waals surface area contributed by atoms with Gasteiger partial charge in [-0.3, -0.25) is 0 Å². The lowest BCUT2D eigenvalue weighted by atomic mass is 10.1. The van der Waals surface area contributed by atoms with Gasteiger partial charge in [-0.25, -0.2) is 9.59 Å². The SMILES string of the molecule is CCNCC.O=C(O)c1cc(CO)cc(C(=O)O)c1. The van der Waals surface area contributed by atoms with Crippen LogP contribution in [-0.2, 0) is 6.61 Å². The Kier molecular flexibility index (Phi) is 8.15. The summed E-state index contributed by atoms with van der Waals surface area (Å²) >= 11 is 0. The molecule has 0 amide bonds. The van der Waals surface area contributed by atoms with Crippen LogP contribution < -0.4 is 5.32 Å². The topological polar surface area (TPSA) is 107 Å². The Morgan fingerprint density at radius 2 is 1.42 bits per heavy atom. The Morgan fingerprint density at radius 1 is 1.00 bits per heavy atom. The third-order valence-corrected chi connectivity index (χ3v) is 2.17. The van der Waals surface area contributed by atoms with E-state index in [2.05, 4.69) is 19.2 Å². The number of benzene rings is 1. The molecule has 0 aliphatic carbocycles. The van der Waals surface area contributed by atoms with E-state index in [1.165, 1.54) is 12.1 Å². The van der Waals surface area contributed by atoms with Gasteiger partial charge in [0, 0.05) is 0 Å². The molecule has 0 aromatic heterocycles. The highest BCUT2D eigenvalue weighted by Gasteiger charge is 2.10. The zero-order chi connectivity index (χ0) is 14.8. The third kappa shape index (κ3) is 6.54. The molecular formula is C13H19NO5. The number of aliphatic hydroxyl groups excluding tert-OH is 1. The number of aromatic carboxylic acids is 2. The average molecular weight is 269 g/mol. The summed E-state index contributed by atoms with van der Waals surface area (Å²) in [5.74, 6) is -2.44. The van der Waals surface area contributed by atoms with Crippen LogP contribution in [0.4, 0.5) is 0 Å². The summed E-state index contributed by atoms with van der Waals surface area (Å²) < 4.78 is 0. The van der Waals surface area contributed by atoms with E-state index in [1.807, 2.05) is 0 Å². The molecule has 0 fully saturated rings. The molecule has 1 aromatic rings. The minimum absolute atomic E-state index is 0.144. The van der Waals surface area contributed by atoms with E-state index in [-0.39, 0.29) is 23.3 Å². The summed E-state index contributed by atoms with van der Waals surface area (Å²) in [5, 5.41) is 29.1. The number of carbonyl (C=O) groups is 2. The molecule has 106 valence electrons. The zero-order valence-corrected chi connectivity index (χ0v) is 11.0. The van der Waals surface area contributed by atoms with Gasteiger partial charge in [0.1, 0.15) is 0 Å². The lowest BCUT2D eigenvalue weighted by Crippen LogP contribution is -2.09. The van der Waals surface area contributed by atoms with Gasteiger partial charge in [-0.15, -0.1) is 0 Å². The minimum Gasteiger partial charge on any atom is -0.478 e. The summed E-state index contributed by atoms with van der Waals surface area (Å²) in [7, 11) is 0. The summed E-state index contributed by atoms with van der Waals surface area (Å²) in [4.78, 5) is 21.1. The van der Waals surface area contributed by atoms with Crippen LogP contribution in [0.3, 0.4) is 0 Å². The second-order valence-corrected chi connectivity index (χ2v) is 3.64. The van der Waals surface area contributed by atoms with E-state index in [1.54, 1.807) is 0 Å². The van der Waals surface area contributed by atoms with Crippen LogP contribution in [0.5, 0.6) is 0 Å². The van der Waals surface area contributed by atoms with Gasteiger partial charge in [0.2, 0.25) is 0 Å². The predicted octanol–water partition coefficient (Wildman–Crippen LogP) is 1.19. The first-order valence-corrected chi connectivity index (χ1v) is 5.88. The number of aliphatic hydroxyl groups is 1. The Hall–Kier alpha value is -1.92. The summed E-state index contributed by atoms with van der Waals surface area (Å²) in [6.45, 7) is 6.00. The van der Waals surface area contributed by atoms with Gasteiger partial charge in [0.25, 0.3) is 0 Å². The molecule has 0 atom stereocenters. The minimum atomic E-state index is -1.22. The van der Waals surface area contributed by atoms with Gasteiger partial charge in [0.05, 0.1) is 17.7 Å². The average Bonchev–Trinajstić information content (AvgIpc) is 2.39. The Balaban J connectivity index is 0.000000555. The Labute approximate surface area is 111 Å². The van der Waals surface area contributed by atoms with Crippen LogP contribution in [0.15, 0.2) is 18.2 Å². The fraction of sp³-hybridized carbons (Fsp3) is 0.385. The largest absolute Gasteiger partial charge is 0.478 e. The molecule has 0 saturated heterocycles. The van der Waals surface area contributed by atoms with E-state index in [0.717, 1.165) is 19.2 Å². The van der Waals surface area contributed by atoms with Crippen molar-refractivity contribution in [2.75, 3.05) is 13.1 Å². The van der Waals surface area contributed by atoms with Crippen LogP contribution in [0, 0.1) is 0 Å². The molecule has 0 bridgehead atoms. The predicted molar refractivity (Wildman–Crippen MR) is 70.5 cm³/mol. The normalized spacial score (nSPS) is 9.42. The molecule has 0 aliphatic rings.